The molecule has 5 heteroatoms. The highest BCUT2D eigenvalue weighted by Crippen LogP contribution is 2.52. The van der Waals surface area contributed by atoms with Gasteiger partial charge in [0.1, 0.15) is 0 Å². The maximum atomic E-state index is 11.4. The third-order valence-corrected chi connectivity index (χ3v) is 8.05. The quantitative estimate of drug-likeness (QED) is 0.191. The van der Waals surface area contributed by atoms with E-state index in [1.54, 1.807) is 0 Å². The van der Waals surface area contributed by atoms with Crippen molar-refractivity contribution in [3.63, 3.8) is 0 Å². The number of aliphatic hydroxyl groups excluding tert-OH is 1. The first-order chi connectivity index (χ1) is 16.5. The number of aliphatic hydroxyl groups is 1. The topological polar surface area (TPSA) is 65.0 Å². The molecule has 0 aromatic heterocycles. The number of unbranched alkanes of at least 4 members (excludes halogenated alkanes) is 2. The van der Waals surface area contributed by atoms with Crippen LogP contribution in [0, 0.1) is 23.7 Å². The molecule has 3 aliphatic rings. The summed E-state index contributed by atoms with van der Waals surface area (Å²) in [4.78, 5) is 11.4. The van der Waals surface area contributed by atoms with Gasteiger partial charge in [0, 0.05) is 18.9 Å². The van der Waals surface area contributed by atoms with Crippen molar-refractivity contribution in [3.05, 3.63) is 23.8 Å². The molecule has 0 aromatic rings. The minimum atomic E-state index is -0.382. The number of ether oxygens (including phenoxy) is 3. The summed E-state index contributed by atoms with van der Waals surface area (Å²) in [5.41, 5.74) is 1.53. The Labute approximate surface area is 207 Å². The second kappa shape index (κ2) is 14.4. The molecular formula is C29H48O5. The lowest BCUT2D eigenvalue weighted by atomic mass is 9.89. The van der Waals surface area contributed by atoms with Crippen LogP contribution in [0.4, 0.5) is 0 Å². The Bertz CT molecular complexity index is 665. The zero-order valence-corrected chi connectivity index (χ0v) is 21.8. The third-order valence-electron chi connectivity index (χ3n) is 8.05. The summed E-state index contributed by atoms with van der Waals surface area (Å²) < 4.78 is 17.2. The molecule has 1 heterocycles. The first-order valence-corrected chi connectivity index (χ1v) is 13.9. The summed E-state index contributed by atoms with van der Waals surface area (Å²) in [5, 5.41) is 10.7. The largest absolute Gasteiger partial charge is 0.469 e. The van der Waals surface area contributed by atoms with E-state index in [4.69, 9.17) is 14.2 Å². The number of methoxy groups -OCH3 is 1. The Morgan fingerprint density at radius 3 is 2.85 bits per heavy atom. The molecule has 3 unspecified atom stereocenters. The number of esters is 1. The molecule has 2 aliphatic carbocycles. The minimum Gasteiger partial charge on any atom is -0.469 e. The number of allylic oxidation sites excluding steroid dienone is 2. The number of fused-ring (bicyclic) bond motifs is 1. The molecule has 3 rings (SSSR count). The van der Waals surface area contributed by atoms with Gasteiger partial charge in [-0.3, -0.25) is 4.79 Å². The Hall–Kier alpha value is -1.17. The zero-order chi connectivity index (χ0) is 24.3. The van der Waals surface area contributed by atoms with Gasteiger partial charge in [-0.05, 0) is 75.5 Å². The van der Waals surface area contributed by atoms with Crippen LogP contribution in [0.3, 0.4) is 0 Å². The van der Waals surface area contributed by atoms with Gasteiger partial charge >= 0.3 is 5.97 Å². The molecule has 1 aliphatic heterocycles. The third kappa shape index (κ3) is 8.49. The van der Waals surface area contributed by atoms with Gasteiger partial charge in [-0.2, -0.15) is 0 Å². The summed E-state index contributed by atoms with van der Waals surface area (Å²) >= 11 is 0. The lowest BCUT2D eigenvalue weighted by Gasteiger charge is -2.29. The predicted molar refractivity (Wildman–Crippen MR) is 135 cm³/mol. The van der Waals surface area contributed by atoms with Gasteiger partial charge in [0.25, 0.3) is 0 Å². The number of carbonyl (C=O) groups excluding carboxylic acids is 1. The molecule has 7 atom stereocenters. The Morgan fingerprint density at radius 1 is 1.26 bits per heavy atom. The van der Waals surface area contributed by atoms with E-state index < -0.39 is 0 Å². The molecule has 5 nitrogen and oxygen atoms in total. The minimum absolute atomic E-state index is 0.0687. The molecule has 1 N–H and O–H groups in total. The highest BCUT2D eigenvalue weighted by Gasteiger charge is 2.47. The van der Waals surface area contributed by atoms with E-state index in [-0.39, 0.29) is 24.5 Å². The SMILES string of the molecule is CCCCC(C)CC(O)C=C[C@@H]1[C@H]2CC(=CCCCC(=O)OC)C[C@@H]2C[C@H]1OC1CCCCO1. The number of hydrogen-bond acceptors (Lipinski definition) is 5. The maximum Gasteiger partial charge on any atom is 0.305 e. The summed E-state index contributed by atoms with van der Waals surface area (Å²) in [5.74, 6) is 1.96. The maximum absolute atomic E-state index is 11.4. The van der Waals surface area contributed by atoms with Crippen LogP contribution in [0.25, 0.3) is 0 Å². The van der Waals surface area contributed by atoms with Gasteiger partial charge in [0.05, 0.1) is 19.3 Å². The first kappa shape index (κ1) is 27.4. The molecule has 194 valence electrons. The zero-order valence-electron chi connectivity index (χ0n) is 21.8. The highest BCUT2D eigenvalue weighted by atomic mass is 16.7. The van der Waals surface area contributed by atoms with Crippen molar-refractivity contribution >= 4 is 5.97 Å². The number of rotatable bonds is 13. The van der Waals surface area contributed by atoms with Gasteiger partial charge in [-0.25, -0.2) is 0 Å². The Kier molecular flexibility index (Phi) is 11.6. The normalized spacial score (nSPS) is 32.2. The predicted octanol–water partition coefficient (Wildman–Crippen LogP) is 6.35. The highest BCUT2D eigenvalue weighted by molar-refractivity contribution is 5.69. The monoisotopic (exact) mass is 476 g/mol. The van der Waals surface area contributed by atoms with Gasteiger partial charge < -0.3 is 19.3 Å². The van der Waals surface area contributed by atoms with Crippen LogP contribution < -0.4 is 0 Å². The smallest absolute Gasteiger partial charge is 0.305 e. The van der Waals surface area contributed by atoms with Crippen molar-refractivity contribution < 1.29 is 24.1 Å². The average molecular weight is 477 g/mol. The Balaban J connectivity index is 1.59. The lowest BCUT2D eigenvalue weighted by Crippen LogP contribution is -2.30. The second-order valence-electron chi connectivity index (χ2n) is 10.9. The Morgan fingerprint density at radius 2 is 2.12 bits per heavy atom. The fourth-order valence-electron chi connectivity index (χ4n) is 6.15. The summed E-state index contributed by atoms with van der Waals surface area (Å²) in [6, 6.07) is 0. The van der Waals surface area contributed by atoms with E-state index in [2.05, 4.69) is 26.0 Å². The van der Waals surface area contributed by atoms with E-state index in [1.165, 1.54) is 38.4 Å². The standard InChI is InChI=1S/C29H48O5/c1-4-5-10-21(2)17-24(30)14-15-25-26-19-22(11-6-7-12-28(31)32-3)18-23(26)20-27(25)34-29-13-8-9-16-33-29/h11,14-15,21,23-27,29-30H,4-10,12-13,16-20H2,1-3H3/t21?,23-,24?,25-,26+,27-,29?/m1/s1. The van der Waals surface area contributed by atoms with E-state index >= 15 is 0 Å². The first-order valence-electron chi connectivity index (χ1n) is 13.9. The summed E-state index contributed by atoms with van der Waals surface area (Å²) in [6.07, 6.45) is 19.8. The van der Waals surface area contributed by atoms with Crippen molar-refractivity contribution in [2.75, 3.05) is 13.7 Å². The van der Waals surface area contributed by atoms with Crippen molar-refractivity contribution in [2.45, 2.75) is 116 Å². The second-order valence-corrected chi connectivity index (χ2v) is 10.9. The molecule has 0 spiro atoms. The van der Waals surface area contributed by atoms with Gasteiger partial charge in [0.15, 0.2) is 6.29 Å². The van der Waals surface area contributed by atoms with Crippen LogP contribution in [0.2, 0.25) is 0 Å². The molecule has 0 radical (unpaired) electrons. The fourth-order valence-corrected chi connectivity index (χ4v) is 6.15. The molecule has 0 bridgehead atoms. The van der Waals surface area contributed by atoms with Crippen LogP contribution in [0.5, 0.6) is 0 Å². The molecule has 2 saturated carbocycles. The molecule has 0 aromatic carbocycles. The van der Waals surface area contributed by atoms with Crippen molar-refractivity contribution in [3.8, 4) is 0 Å². The molecular weight excluding hydrogens is 428 g/mol. The number of hydrogen-bond donors (Lipinski definition) is 1. The van der Waals surface area contributed by atoms with Crippen molar-refractivity contribution in [2.24, 2.45) is 23.7 Å². The van der Waals surface area contributed by atoms with Gasteiger partial charge in [0.2, 0.25) is 0 Å². The van der Waals surface area contributed by atoms with E-state index in [0.29, 0.717) is 30.1 Å². The van der Waals surface area contributed by atoms with Crippen molar-refractivity contribution in [1.82, 2.24) is 0 Å². The number of carbonyl (C=O) groups is 1. The van der Waals surface area contributed by atoms with Gasteiger partial charge in [-0.1, -0.05) is 56.9 Å². The molecule has 1 saturated heterocycles. The van der Waals surface area contributed by atoms with Crippen LogP contribution in [-0.4, -0.2) is 43.3 Å². The van der Waals surface area contributed by atoms with Crippen LogP contribution >= 0.6 is 0 Å². The van der Waals surface area contributed by atoms with Gasteiger partial charge in [-0.15, -0.1) is 0 Å². The van der Waals surface area contributed by atoms with Crippen LogP contribution in [0.15, 0.2) is 23.8 Å². The molecule has 3 fully saturated rings. The summed E-state index contributed by atoms with van der Waals surface area (Å²) in [6.45, 7) is 5.27. The molecule has 0 amide bonds. The van der Waals surface area contributed by atoms with E-state index in [9.17, 15) is 9.90 Å². The average Bonchev–Trinajstić information content (AvgIpc) is 3.36. The lowest BCUT2D eigenvalue weighted by molar-refractivity contribution is -0.193. The van der Waals surface area contributed by atoms with E-state index in [0.717, 1.165) is 58.0 Å². The fraction of sp³-hybridized carbons (Fsp3) is 0.828. The van der Waals surface area contributed by atoms with Crippen molar-refractivity contribution in [1.29, 1.82) is 0 Å². The summed E-state index contributed by atoms with van der Waals surface area (Å²) in [7, 11) is 1.45. The van der Waals surface area contributed by atoms with Crippen LogP contribution in [-0.2, 0) is 19.0 Å². The van der Waals surface area contributed by atoms with E-state index in [1.807, 2.05) is 6.08 Å². The van der Waals surface area contributed by atoms with Crippen LogP contribution in [0.1, 0.15) is 97.3 Å². The molecule has 34 heavy (non-hydrogen) atoms.